The molecular weight excluding hydrogens is 281 g/mol. The molecule has 0 aromatic carbocycles. The van der Waals surface area contributed by atoms with E-state index < -0.39 is 6.09 Å². The van der Waals surface area contributed by atoms with E-state index in [0.717, 1.165) is 25.9 Å². The molecule has 3 atom stereocenters. The van der Waals surface area contributed by atoms with Crippen molar-refractivity contribution in [1.82, 2.24) is 0 Å². The van der Waals surface area contributed by atoms with Crippen LogP contribution in [0.1, 0.15) is 40.0 Å². The molecule has 0 aromatic heterocycles. The van der Waals surface area contributed by atoms with Crippen LogP contribution in [0.15, 0.2) is 23.3 Å². The Bertz CT molecular complexity index is 481. The summed E-state index contributed by atoms with van der Waals surface area (Å²) in [6, 6.07) is -0.311. The van der Waals surface area contributed by atoms with Gasteiger partial charge in [-0.2, -0.15) is 0 Å². The van der Waals surface area contributed by atoms with Crippen LogP contribution in [0.5, 0.6) is 0 Å². The summed E-state index contributed by atoms with van der Waals surface area (Å²) in [5.74, 6) is 0.0983. The minimum Gasteiger partial charge on any atom is -0.452 e. The lowest BCUT2D eigenvalue weighted by atomic mass is 9.41. The van der Waals surface area contributed by atoms with Gasteiger partial charge >= 0.3 is 13.0 Å². The van der Waals surface area contributed by atoms with Crippen molar-refractivity contribution in [2.45, 2.75) is 57.5 Å². The van der Waals surface area contributed by atoms with Crippen molar-refractivity contribution in [3.8, 4) is 0 Å². The number of ether oxygens (including phenoxy) is 2. The van der Waals surface area contributed by atoms with Gasteiger partial charge in [0.15, 0.2) is 0 Å². The van der Waals surface area contributed by atoms with Crippen molar-refractivity contribution >= 4 is 13.0 Å². The second-order valence-electron chi connectivity index (χ2n) is 6.51. The number of allylic oxidation sites excluding steroid dienone is 3. The highest BCUT2D eigenvalue weighted by Gasteiger charge is 2.61. The second-order valence-corrected chi connectivity index (χ2v) is 6.51. The van der Waals surface area contributed by atoms with Crippen molar-refractivity contribution in [2.75, 3.05) is 13.7 Å². The first kappa shape index (κ1) is 17.1. The first-order valence-electron chi connectivity index (χ1n) is 7.82. The largest absolute Gasteiger partial charge is 0.452 e. The van der Waals surface area contributed by atoms with Crippen LogP contribution in [0.25, 0.3) is 0 Å². The van der Waals surface area contributed by atoms with Crippen LogP contribution in [-0.4, -0.2) is 38.3 Å². The van der Waals surface area contributed by atoms with E-state index in [9.17, 15) is 4.79 Å². The van der Waals surface area contributed by atoms with E-state index in [2.05, 4.69) is 32.9 Å². The summed E-state index contributed by atoms with van der Waals surface area (Å²) in [5.41, 5.74) is 7.56. The van der Waals surface area contributed by atoms with Gasteiger partial charge in [0.2, 0.25) is 0 Å². The Hall–Kier alpha value is -1.27. The van der Waals surface area contributed by atoms with Gasteiger partial charge in [-0.3, -0.25) is 0 Å². The SMILES string of the molecule is COB1C(OC(N)=O)CC[C@]2(CO2)C1/C(C)=C/CC=C(C)C. The van der Waals surface area contributed by atoms with Gasteiger partial charge in [-0.1, -0.05) is 23.3 Å². The number of carbonyl (C=O) groups is 1. The third-order valence-electron chi connectivity index (χ3n) is 4.63. The van der Waals surface area contributed by atoms with Crippen LogP contribution in [0.4, 0.5) is 4.79 Å². The van der Waals surface area contributed by atoms with E-state index in [4.69, 9.17) is 19.9 Å². The minimum atomic E-state index is -0.746. The lowest BCUT2D eigenvalue weighted by Crippen LogP contribution is -2.51. The third kappa shape index (κ3) is 3.73. The standard InChI is InChI=1S/C16H26BNO4/c1-11(2)6-5-7-12(3)14-16(10-21-16)9-8-13(17(14)20-4)22-15(18)19/h6-7,13-14H,5,8-10H2,1-4H3,(H2,18,19)/b12-7+/t13?,14?,16-/m0/s1. The zero-order chi connectivity index (χ0) is 16.3. The molecule has 122 valence electrons. The predicted octanol–water partition coefficient (Wildman–Crippen LogP) is 2.86. The molecule has 2 saturated heterocycles. The van der Waals surface area contributed by atoms with Gasteiger partial charge in [0.25, 0.3) is 0 Å². The van der Waals surface area contributed by atoms with Crippen molar-refractivity contribution in [1.29, 1.82) is 0 Å². The predicted molar refractivity (Wildman–Crippen MR) is 86.7 cm³/mol. The van der Waals surface area contributed by atoms with Crippen molar-refractivity contribution in [2.24, 2.45) is 5.73 Å². The number of amides is 1. The zero-order valence-corrected chi connectivity index (χ0v) is 13.9. The first-order chi connectivity index (χ1) is 10.4. The molecule has 0 bridgehead atoms. The van der Waals surface area contributed by atoms with Crippen LogP contribution in [0.2, 0.25) is 5.82 Å². The number of primary amides is 1. The topological polar surface area (TPSA) is 74.1 Å². The maximum absolute atomic E-state index is 11.1. The van der Waals surface area contributed by atoms with E-state index in [0.29, 0.717) is 0 Å². The lowest BCUT2D eigenvalue weighted by molar-refractivity contribution is 0.106. The Morgan fingerprint density at radius 3 is 2.59 bits per heavy atom. The summed E-state index contributed by atoms with van der Waals surface area (Å²) in [6.45, 7) is 6.81. The van der Waals surface area contributed by atoms with Gasteiger partial charge < -0.3 is 19.9 Å². The molecule has 6 heteroatoms. The van der Waals surface area contributed by atoms with Gasteiger partial charge in [-0.15, -0.1) is 0 Å². The summed E-state index contributed by atoms with van der Waals surface area (Å²) in [4.78, 5) is 11.1. The van der Waals surface area contributed by atoms with E-state index in [1.54, 1.807) is 7.11 Å². The molecular formula is C16H26BNO4. The molecule has 0 saturated carbocycles. The summed E-state index contributed by atoms with van der Waals surface area (Å²) >= 11 is 0. The van der Waals surface area contributed by atoms with Crippen LogP contribution < -0.4 is 5.73 Å². The quantitative estimate of drug-likeness (QED) is 0.481. The number of hydrogen-bond acceptors (Lipinski definition) is 4. The number of carbonyl (C=O) groups excluding carboxylic acids is 1. The van der Waals surface area contributed by atoms with E-state index in [1.807, 2.05) is 0 Å². The Morgan fingerprint density at radius 2 is 2.09 bits per heavy atom. The number of hydrogen-bond donors (Lipinski definition) is 1. The van der Waals surface area contributed by atoms with Crippen LogP contribution >= 0.6 is 0 Å². The Kier molecular flexibility index (Phi) is 5.34. The second kappa shape index (κ2) is 6.88. The van der Waals surface area contributed by atoms with E-state index in [1.165, 1.54) is 11.1 Å². The molecule has 1 amide bonds. The zero-order valence-electron chi connectivity index (χ0n) is 13.9. The van der Waals surface area contributed by atoms with E-state index in [-0.39, 0.29) is 24.3 Å². The van der Waals surface area contributed by atoms with Crippen LogP contribution in [0.3, 0.4) is 0 Å². The first-order valence-corrected chi connectivity index (χ1v) is 7.82. The molecule has 2 aliphatic rings. The average molecular weight is 307 g/mol. The molecule has 2 heterocycles. The highest BCUT2D eigenvalue weighted by atomic mass is 16.6. The van der Waals surface area contributed by atoms with Gasteiger partial charge in [0.1, 0.15) is 6.00 Å². The normalized spacial score (nSPS) is 31.1. The van der Waals surface area contributed by atoms with Crippen LogP contribution in [-0.2, 0) is 14.1 Å². The molecule has 1 spiro atoms. The average Bonchev–Trinajstić information content (AvgIpc) is 3.19. The molecule has 0 aromatic rings. The fourth-order valence-corrected chi connectivity index (χ4v) is 3.48. The Balaban J connectivity index is 2.19. The van der Waals surface area contributed by atoms with Crippen molar-refractivity contribution in [3.63, 3.8) is 0 Å². The van der Waals surface area contributed by atoms with Crippen LogP contribution in [0, 0.1) is 0 Å². The van der Waals surface area contributed by atoms with E-state index >= 15 is 0 Å². The number of nitrogens with two attached hydrogens (primary N) is 1. The molecule has 5 nitrogen and oxygen atoms in total. The van der Waals surface area contributed by atoms with Gasteiger partial charge in [-0.05, 0) is 40.0 Å². The molecule has 0 aliphatic carbocycles. The molecule has 0 radical (unpaired) electrons. The summed E-state index contributed by atoms with van der Waals surface area (Å²) in [6.07, 6.45) is 6.12. The van der Waals surface area contributed by atoms with Crippen molar-refractivity contribution < 1.29 is 18.9 Å². The molecule has 2 fully saturated rings. The Labute approximate surface area is 133 Å². The number of epoxide rings is 1. The highest BCUT2D eigenvalue weighted by molar-refractivity contribution is 6.57. The smallest absolute Gasteiger partial charge is 0.404 e. The fourth-order valence-electron chi connectivity index (χ4n) is 3.48. The van der Waals surface area contributed by atoms with Crippen molar-refractivity contribution in [3.05, 3.63) is 23.3 Å². The highest BCUT2D eigenvalue weighted by Crippen LogP contribution is 2.53. The summed E-state index contributed by atoms with van der Waals surface area (Å²) < 4.78 is 16.7. The Morgan fingerprint density at radius 1 is 1.41 bits per heavy atom. The van der Waals surface area contributed by atoms with Gasteiger partial charge in [0, 0.05) is 12.9 Å². The van der Waals surface area contributed by atoms with Gasteiger partial charge in [-0.25, -0.2) is 4.79 Å². The fraction of sp³-hybridized carbons (Fsp3) is 0.688. The maximum atomic E-state index is 11.1. The molecule has 2 rings (SSSR count). The van der Waals surface area contributed by atoms with Gasteiger partial charge in [0.05, 0.1) is 12.2 Å². The molecule has 2 unspecified atom stereocenters. The monoisotopic (exact) mass is 307 g/mol. The lowest BCUT2D eigenvalue weighted by Gasteiger charge is -2.38. The molecule has 2 aliphatic heterocycles. The molecule has 2 N–H and O–H groups in total. The maximum Gasteiger partial charge on any atom is 0.404 e. The minimum absolute atomic E-state index is 0.0983. The number of rotatable bonds is 5. The third-order valence-corrected chi connectivity index (χ3v) is 4.63. The summed E-state index contributed by atoms with van der Waals surface area (Å²) in [7, 11) is 1.65. The molecule has 22 heavy (non-hydrogen) atoms. The summed E-state index contributed by atoms with van der Waals surface area (Å²) in [5, 5.41) is 0.